The Labute approximate surface area is 164 Å². The van der Waals surface area contributed by atoms with Gasteiger partial charge in [0.05, 0.1) is 5.52 Å². The number of anilines is 2. The molecule has 0 bridgehead atoms. The maximum atomic E-state index is 13.4. The minimum absolute atomic E-state index is 0.302. The van der Waals surface area contributed by atoms with Crippen LogP contribution in [-0.2, 0) is 0 Å². The van der Waals surface area contributed by atoms with Crippen molar-refractivity contribution in [1.29, 1.82) is 0 Å². The largest absolute Gasteiger partial charge is 0.422 e. The molecule has 5 aromatic rings. The average molecular weight is 390 g/mol. The highest BCUT2D eigenvalue weighted by atomic mass is 35.5. The molecule has 0 saturated carbocycles. The van der Waals surface area contributed by atoms with Crippen LogP contribution in [0.2, 0.25) is 5.02 Å². The summed E-state index contributed by atoms with van der Waals surface area (Å²) in [5, 5.41) is 4.60. The summed E-state index contributed by atoms with van der Waals surface area (Å²) in [5.74, 6) is -0.302. The molecule has 136 valence electrons. The van der Waals surface area contributed by atoms with E-state index in [1.54, 1.807) is 24.3 Å². The maximum Gasteiger partial charge on any atom is 0.300 e. The van der Waals surface area contributed by atoms with Gasteiger partial charge in [0, 0.05) is 21.7 Å². The molecule has 0 aliphatic heterocycles. The van der Waals surface area contributed by atoms with Gasteiger partial charge in [-0.15, -0.1) is 0 Å². The Morgan fingerprint density at radius 3 is 2.54 bits per heavy atom. The van der Waals surface area contributed by atoms with Crippen molar-refractivity contribution in [3.8, 4) is 11.3 Å². The lowest BCUT2D eigenvalue weighted by Gasteiger charge is -2.04. The lowest BCUT2D eigenvalue weighted by atomic mass is 10.1. The number of nitrogens with one attached hydrogen (secondary N) is 1. The SMILES string of the molecule is Fc1ccc(-c2nc3ccccc3c3oc(Nc4cccc(Cl)c4)nc23)cc1. The van der Waals surface area contributed by atoms with Gasteiger partial charge in [-0.05, 0) is 54.6 Å². The monoisotopic (exact) mass is 389 g/mol. The number of aromatic nitrogens is 2. The Bertz CT molecular complexity index is 1310. The zero-order chi connectivity index (χ0) is 19.1. The number of fused-ring (bicyclic) bond motifs is 3. The highest BCUT2D eigenvalue weighted by molar-refractivity contribution is 6.30. The molecule has 0 unspecified atom stereocenters. The van der Waals surface area contributed by atoms with Gasteiger partial charge < -0.3 is 9.73 Å². The summed E-state index contributed by atoms with van der Waals surface area (Å²) in [6.07, 6.45) is 0. The first-order valence-corrected chi connectivity index (χ1v) is 9.03. The molecule has 0 saturated heterocycles. The molecular formula is C22H13ClFN3O. The van der Waals surface area contributed by atoms with Crippen molar-refractivity contribution in [2.45, 2.75) is 0 Å². The Balaban J connectivity index is 1.72. The molecule has 0 atom stereocenters. The van der Waals surface area contributed by atoms with Crippen LogP contribution in [0, 0.1) is 5.82 Å². The van der Waals surface area contributed by atoms with Gasteiger partial charge in [-0.25, -0.2) is 9.37 Å². The minimum Gasteiger partial charge on any atom is -0.422 e. The van der Waals surface area contributed by atoms with Gasteiger partial charge in [0.1, 0.15) is 17.0 Å². The summed E-state index contributed by atoms with van der Waals surface area (Å²) in [7, 11) is 0. The molecule has 6 heteroatoms. The van der Waals surface area contributed by atoms with Gasteiger partial charge in [0.15, 0.2) is 5.58 Å². The molecule has 0 aliphatic rings. The number of hydrogen-bond donors (Lipinski definition) is 1. The molecular weight excluding hydrogens is 377 g/mol. The van der Waals surface area contributed by atoms with Crippen LogP contribution in [0.25, 0.3) is 33.3 Å². The predicted molar refractivity (Wildman–Crippen MR) is 109 cm³/mol. The fourth-order valence-corrected chi connectivity index (χ4v) is 3.34. The summed E-state index contributed by atoms with van der Waals surface area (Å²) in [5.41, 5.74) is 4.17. The normalized spacial score (nSPS) is 11.2. The lowest BCUT2D eigenvalue weighted by Crippen LogP contribution is -1.91. The van der Waals surface area contributed by atoms with Crippen molar-refractivity contribution in [2.24, 2.45) is 0 Å². The van der Waals surface area contributed by atoms with Crippen molar-refractivity contribution in [1.82, 2.24) is 9.97 Å². The Morgan fingerprint density at radius 2 is 1.71 bits per heavy atom. The predicted octanol–water partition coefficient (Wildman–Crippen LogP) is 6.58. The van der Waals surface area contributed by atoms with E-state index in [9.17, 15) is 4.39 Å². The van der Waals surface area contributed by atoms with Crippen LogP contribution < -0.4 is 5.32 Å². The fraction of sp³-hybridized carbons (Fsp3) is 0. The quantitative estimate of drug-likeness (QED) is 0.378. The minimum atomic E-state index is -0.302. The van der Waals surface area contributed by atoms with Crippen LogP contribution in [0.15, 0.2) is 77.2 Å². The second-order valence-electron chi connectivity index (χ2n) is 6.32. The first-order valence-electron chi connectivity index (χ1n) is 8.65. The van der Waals surface area contributed by atoms with Crippen LogP contribution in [0.5, 0.6) is 0 Å². The molecule has 0 aliphatic carbocycles. The summed E-state index contributed by atoms with van der Waals surface area (Å²) < 4.78 is 19.4. The number of oxazole rings is 1. The smallest absolute Gasteiger partial charge is 0.300 e. The standard InChI is InChI=1S/C22H13ClFN3O/c23-14-4-3-5-16(12-14)25-22-27-20-19(13-8-10-15(24)11-9-13)26-18-7-2-1-6-17(18)21(20)28-22/h1-12H,(H,25,27). The van der Waals surface area contributed by atoms with E-state index in [4.69, 9.17) is 21.0 Å². The summed E-state index contributed by atoms with van der Waals surface area (Å²) >= 11 is 6.05. The van der Waals surface area contributed by atoms with E-state index in [2.05, 4.69) is 10.3 Å². The number of para-hydroxylation sites is 1. The molecule has 4 nitrogen and oxygen atoms in total. The van der Waals surface area contributed by atoms with E-state index in [1.165, 1.54) is 12.1 Å². The maximum absolute atomic E-state index is 13.4. The van der Waals surface area contributed by atoms with Gasteiger partial charge in [0.25, 0.3) is 6.01 Å². The van der Waals surface area contributed by atoms with Gasteiger partial charge in [-0.3, -0.25) is 0 Å². The van der Waals surface area contributed by atoms with E-state index in [0.29, 0.717) is 27.8 Å². The molecule has 0 radical (unpaired) electrons. The number of benzene rings is 3. The second-order valence-corrected chi connectivity index (χ2v) is 6.75. The third kappa shape index (κ3) is 2.96. The van der Waals surface area contributed by atoms with Crippen molar-refractivity contribution in [2.75, 3.05) is 5.32 Å². The van der Waals surface area contributed by atoms with Gasteiger partial charge in [-0.1, -0.05) is 29.8 Å². The van der Waals surface area contributed by atoms with Crippen molar-refractivity contribution >= 4 is 45.3 Å². The Morgan fingerprint density at radius 1 is 0.893 bits per heavy atom. The molecule has 0 fully saturated rings. The highest BCUT2D eigenvalue weighted by Gasteiger charge is 2.17. The first kappa shape index (κ1) is 16.7. The van der Waals surface area contributed by atoms with E-state index < -0.39 is 0 Å². The van der Waals surface area contributed by atoms with Gasteiger partial charge in [0.2, 0.25) is 0 Å². The zero-order valence-electron chi connectivity index (χ0n) is 14.5. The number of halogens is 2. The van der Waals surface area contributed by atoms with Crippen molar-refractivity contribution in [3.05, 3.63) is 83.6 Å². The molecule has 2 heterocycles. The van der Waals surface area contributed by atoms with E-state index in [1.807, 2.05) is 36.4 Å². The number of hydrogen-bond acceptors (Lipinski definition) is 4. The van der Waals surface area contributed by atoms with Crippen LogP contribution in [0.3, 0.4) is 0 Å². The van der Waals surface area contributed by atoms with Crippen LogP contribution in [-0.4, -0.2) is 9.97 Å². The number of pyridine rings is 1. The van der Waals surface area contributed by atoms with Crippen LogP contribution in [0.1, 0.15) is 0 Å². The molecule has 0 amide bonds. The van der Waals surface area contributed by atoms with Crippen molar-refractivity contribution < 1.29 is 8.81 Å². The molecule has 2 aromatic heterocycles. The van der Waals surface area contributed by atoms with Crippen molar-refractivity contribution in [3.63, 3.8) is 0 Å². The third-order valence-electron chi connectivity index (χ3n) is 4.43. The van der Waals surface area contributed by atoms with Crippen LogP contribution >= 0.6 is 11.6 Å². The van der Waals surface area contributed by atoms with E-state index >= 15 is 0 Å². The van der Waals surface area contributed by atoms with E-state index in [-0.39, 0.29) is 5.82 Å². The summed E-state index contributed by atoms with van der Waals surface area (Å²) in [6.45, 7) is 0. The zero-order valence-corrected chi connectivity index (χ0v) is 15.2. The van der Waals surface area contributed by atoms with Gasteiger partial charge >= 0.3 is 0 Å². The van der Waals surface area contributed by atoms with Gasteiger partial charge in [-0.2, -0.15) is 4.98 Å². The first-order chi connectivity index (χ1) is 13.7. The Hall–Kier alpha value is -3.44. The Kier molecular flexibility index (Phi) is 3.95. The lowest BCUT2D eigenvalue weighted by molar-refractivity contribution is 0.626. The van der Waals surface area contributed by atoms with E-state index in [0.717, 1.165) is 22.2 Å². The second kappa shape index (κ2) is 6.62. The van der Waals surface area contributed by atoms with Crippen LogP contribution in [0.4, 0.5) is 16.1 Å². The topological polar surface area (TPSA) is 51.0 Å². The molecule has 0 spiro atoms. The summed E-state index contributed by atoms with van der Waals surface area (Å²) in [6, 6.07) is 21.5. The molecule has 1 N–H and O–H groups in total. The average Bonchev–Trinajstić information content (AvgIpc) is 3.12. The number of rotatable bonds is 3. The third-order valence-corrected chi connectivity index (χ3v) is 4.66. The molecule has 5 rings (SSSR count). The number of nitrogens with zero attached hydrogens (tertiary/aromatic N) is 2. The molecule has 28 heavy (non-hydrogen) atoms. The molecule has 3 aromatic carbocycles. The fourth-order valence-electron chi connectivity index (χ4n) is 3.15. The highest BCUT2D eigenvalue weighted by Crippen LogP contribution is 2.34. The summed E-state index contributed by atoms with van der Waals surface area (Å²) in [4.78, 5) is 9.35.